The fourth-order valence-corrected chi connectivity index (χ4v) is 0.965. The van der Waals surface area contributed by atoms with Gasteiger partial charge in [-0.15, -0.1) is 0 Å². The van der Waals surface area contributed by atoms with Gasteiger partial charge in [0.25, 0.3) is 0 Å². The first kappa shape index (κ1) is 9.82. The van der Waals surface area contributed by atoms with Crippen molar-refractivity contribution in [3.63, 3.8) is 0 Å². The van der Waals surface area contributed by atoms with E-state index in [1.165, 1.54) is 0 Å². The Bertz CT molecular complexity index is 93.6. The summed E-state index contributed by atoms with van der Waals surface area (Å²) in [6, 6.07) is 0. The Kier molecular flexibility index (Phi) is 6.81. The smallest absolute Gasteiger partial charge is 0.303 e. The van der Waals surface area contributed by atoms with Gasteiger partial charge in [-0.05, 0) is 18.6 Å². The highest BCUT2D eigenvalue weighted by molar-refractivity contribution is 7.80. The third-order valence-electron chi connectivity index (χ3n) is 1.30. The molecule has 2 nitrogen and oxygen atoms in total. The zero-order valence-electron chi connectivity index (χ0n) is 6.05. The van der Waals surface area contributed by atoms with Crippen molar-refractivity contribution in [3.05, 3.63) is 0 Å². The highest BCUT2D eigenvalue weighted by Crippen LogP contribution is 2.03. The van der Waals surface area contributed by atoms with Crippen LogP contribution in [-0.4, -0.2) is 16.8 Å². The average Bonchev–Trinajstić information content (AvgIpc) is 1.87. The fraction of sp³-hybridized carbons (Fsp3) is 0.857. The summed E-state index contributed by atoms with van der Waals surface area (Å²) in [7, 11) is 0. The van der Waals surface area contributed by atoms with E-state index in [1.54, 1.807) is 0 Å². The normalized spacial score (nSPS) is 9.70. The highest BCUT2D eigenvalue weighted by Gasteiger charge is 1.94. The van der Waals surface area contributed by atoms with Crippen LogP contribution < -0.4 is 0 Å². The topological polar surface area (TPSA) is 37.3 Å². The average molecular weight is 162 g/mol. The summed E-state index contributed by atoms with van der Waals surface area (Å²) in [6.45, 7) is 0. The van der Waals surface area contributed by atoms with Gasteiger partial charge in [0, 0.05) is 6.42 Å². The van der Waals surface area contributed by atoms with E-state index in [1.807, 2.05) is 0 Å². The highest BCUT2D eigenvalue weighted by atomic mass is 32.1. The Morgan fingerprint density at radius 3 is 2.30 bits per heavy atom. The molecule has 0 rings (SSSR count). The van der Waals surface area contributed by atoms with Gasteiger partial charge in [0.15, 0.2) is 0 Å². The molecular formula is C7H14O2S. The minimum atomic E-state index is -0.689. The number of thiol groups is 1. The Balaban J connectivity index is 2.84. The number of hydrogen-bond donors (Lipinski definition) is 2. The molecular weight excluding hydrogens is 148 g/mol. The van der Waals surface area contributed by atoms with E-state index in [2.05, 4.69) is 12.6 Å². The lowest BCUT2D eigenvalue weighted by atomic mass is 10.2. The molecule has 3 heteroatoms. The molecule has 0 spiro atoms. The number of carboxylic acid groups (broad SMARTS) is 1. The second kappa shape index (κ2) is 6.93. The number of hydrogen-bond acceptors (Lipinski definition) is 2. The molecule has 10 heavy (non-hydrogen) atoms. The minimum absolute atomic E-state index is 0.312. The van der Waals surface area contributed by atoms with Gasteiger partial charge >= 0.3 is 5.97 Å². The second-order valence-corrected chi connectivity index (χ2v) is 2.73. The predicted molar refractivity (Wildman–Crippen MR) is 44.6 cm³/mol. The maximum absolute atomic E-state index is 10.0. The molecule has 0 aliphatic rings. The number of carboxylic acids is 1. The largest absolute Gasteiger partial charge is 0.481 e. The lowest BCUT2D eigenvalue weighted by Gasteiger charge is -1.95. The van der Waals surface area contributed by atoms with Crippen molar-refractivity contribution in [2.24, 2.45) is 0 Å². The van der Waals surface area contributed by atoms with Crippen LogP contribution in [0, 0.1) is 0 Å². The zero-order valence-corrected chi connectivity index (χ0v) is 6.94. The van der Waals surface area contributed by atoms with Crippen molar-refractivity contribution in [1.82, 2.24) is 0 Å². The quantitative estimate of drug-likeness (QED) is 0.462. The monoisotopic (exact) mass is 162 g/mol. The van der Waals surface area contributed by atoms with Crippen LogP contribution in [0.15, 0.2) is 0 Å². The first-order valence-electron chi connectivity index (χ1n) is 3.60. The summed E-state index contributed by atoms with van der Waals surface area (Å²) in [5, 5.41) is 8.25. The number of rotatable bonds is 6. The maximum Gasteiger partial charge on any atom is 0.303 e. The molecule has 0 saturated heterocycles. The van der Waals surface area contributed by atoms with E-state index in [-0.39, 0.29) is 0 Å². The lowest BCUT2D eigenvalue weighted by molar-refractivity contribution is -0.137. The van der Waals surface area contributed by atoms with Crippen LogP contribution in [0.4, 0.5) is 0 Å². The summed E-state index contributed by atoms with van der Waals surface area (Å²) in [5.41, 5.74) is 0. The van der Waals surface area contributed by atoms with Crippen molar-refractivity contribution < 1.29 is 9.90 Å². The van der Waals surface area contributed by atoms with Gasteiger partial charge in [0.05, 0.1) is 0 Å². The van der Waals surface area contributed by atoms with Crippen LogP contribution in [0.3, 0.4) is 0 Å². The fourth-order valence-electron chi connectivity index (χ4n) is 0.742. The standard InChI is InChI=1S/C7H14O2S/c8-7(9)5-3-1-2-4-6-10/h10H,1-6H2,(H,8,9). The SMILES string of the molecule is O=C(O)CCCCCCS. The number of aliphatic carboxylic acids is 1. The van der Waals surface area contributed by atoms with Crippen LogP contribution in [0.5, 0.6) is 0 Å². The molecule has 0 aromatic rings. The lowest BCUT2D eigenvalue weighted by Crippen LogP contribution is -1.93. The van der Waals surface area contributed by atoms with Gasteiger partial charge < -0.3 is 5.11 Å². The molecule has 1 N–H and O–H groups in total. The molecule has 0 amide bonds. The first-order chi connectivity index (χ1) is 4.77. The predicted octanol–water partition coefficient (Wildman–Crippen LogP) is 1.95. The second-order valence-electron chi connectivity index (χ2n) is 2.28. The van der Waals surface area contributed by atoms with Crippen molar-refractivity contribution >= 4 is 18.6 Å². The Morgan fingerprint density at radius 2 is 1.80 bits per heavy atom. The zero-order chi connectivity index (χ0) is 7.82. The van der Waals surface area contributed by atoms with Crippen molar-refractivity contribution in [2.45, 2.75) is 32.1 Å². The van der Waals surface area contributed by atoms with Crippen molar-refractivity contribution in [2.75, 3.05) is 5.75 Å². The van der Waals surface area contributed by atoms with Crippen LogP contribution in [0.25, 0.3) is 0 Å². The number of carbonyl (C=O) groups is 1. The summed E-state index contributed by atoms with van der Waals surface area (Å²) >= 11 is 4.05. The van der Waals surface area contributed by atoms with E-state index < -0.39 is 5.97 Å². The van der Waals surface area contributed by atoms with Gasteiger partial charge in [0.2, 0.25) is 0 Å². The number of unbranched alkanes of at least 4 members (excludes halogenated alkanes) is 3. The van der Waals surface area contributed by atoms with Crippen molar-refractivity contribution in [1.29, 1.82) is 0 Å². The van der Waals surface area contributed by atoms with Gasteiger partial charge in [-0.25, -0.2) is 0 Å². The van der Waals surface area contributed by atoms with Crippen LogP contribution in [0.1, 0.15) is 32.1 Å². The first-order valence-corrected chi connectivity index (χ1v) is 4.23. The molecule has 0 aromatic heterocycles. The third kappa shape index (κ3) is 7.82. The van der Waals surface area contributed by atoms with Gasteiger partial charge in [0.1, 0.15) is 0 Å². The summed E-state index contributed by atoms with van der Waals surface area (Å²) < 4.78 is 0. The third-order valence-corrected chi connectivity index (χ3v) is 1.61. The minimum Gasteiger partial charge on any atom is -0.481 e. The molecule has 60 valence electrons. The van der Waals surface area contributed by atoms with Gasteiger partial charge in [-0.2, -0.15) is 12.6 Å². The molecule has 0 bridgehead atoms. The van der Waals surface area contributed by atoms with Gasteiger partial charge in [-0.1, -0.05) is 12.8 Å². The van der Waals surface area contributed by atoms with E-state index in [4.69, 9.17) is 5.11 Å². The molecule has 0 heterocycles. The maximum atomic E-state index is 10.0. The summed E-state index contributed by atoms with van der Waals surface area (Å²) in [4.78, 5) is 10.0. The van der Waals surface area contributed by atoms with Crippen LogP contribution in [0.2, 0.25) is 0 Å². The molecule has 0 aliphatic heterocycles. The molecule has 0 atom stereocenters. The Morgan fingerprint density at radius 1 is 1.20 bits per heavy atom. The van der Waals surface area contributed by atoms with Crippen LogP contribution >= 0.6 is 12.6 Å². The Hall–Kier alpha value is -0.180. The molecule has 0 unspecified atom stereocenters. The molecule has 0 aliphatic carbocycles. The van der Waals surface area contributed by atoms with E-state index in [9.17, 15) is 4.79 Å². The van der Waals surface area contributed by atoms with Crippen molar-refractivity contribution in [3.8, 4) is 0 Å². The molecule has 0 radical (unpaired) electrons. The summed E-state index contributed by atoms with van der Waals surface area (Å²) in [5.74, 6) is 0.221. The molecule has 0 aromatic carbocycles. The molecule has 0 saturated carbocycles. The van der Waals surface area contributed by atoms with E-state index in [0.29, 0.717) is 6.42 Å². The molecule has 0 fully saturated rings. The summed E-state index contributed by atoms with van der Waals surface area (Å²) in [6.07, 6.45) is 4.35. The van der Waals surface area contributed by atoms with Crippen LogP contribution in [-0.2, 0) is 4.79 Å². The Labute approximate surface area is 67.0 Å². The van der Waals surface area contributed by atoms with Gasteiger partial charge in [-0.3, -0.25) is 4.79 Å². The van der Waals surface area contributed by atoms with E-state index >= 15 is 0 Å². The van der Waals surface area contributed by atoms with E-state index in [0.717, 1.165) is 31.4 Å².